The SMILES string of the molecule is CCCc1ccc(CNC2CCCC2)[nH]1. The molecule has 1 aromatic rings. The van der Waals surface area contributed by atoms with Gasteiger partial charge in [-0.15, -0.1) is 0 Å². The Labute approximate surface area is 92.5 Å². The van der Waals surface area contributed by atoms with Crippen LogP contribution in [0.4, 0.5) is 0 Å². The van der Waals surface area contributed by atoms with Crippen LogP contribution in [-0.4, -0.2) is 11.0 Å². The molecule has 1 aliphatic carbocycles. The minimum Gasteiger partial charge on any atom is -0.361 e. The van der Waals surface area contributed by atoms with Gasteiger partial charge >= 0.3 is 0 Å². The Morgan fingerprint density at radius 1 is 1.27 bits per heavy atom. The zero-order valence-corrected chi connectivity index (χ0v) is 9.68. The Kier molecular flexibility index (Phi) is 3.84. The van der Waals surface area contributed by atoms with Gasteiger partial charge in [0.25, 0.3) is 0 Å². The molecular weight excluding hydrogens is 184 g/mol. The summed E-state index contributed by atoms with van der Waals surface area (Å²) in [5, 5.41) is 3.62. The molecule has 1 aromatic heterocycles. The molecule has 2 rings (SSSR count). The summed E-state index contributed by atoms with van der Waals surface area (Å²) in [6.45, 7) is 3.23. The van der Waals surface area contributed by atoms with Crippen molar-refractivity contribution in [3.8, 4) is 0 Å². The van der Waals surface area contributed by atoms with E-state index in [1.165, 1.54) is 49.9 Å². The molecule has 1 fully saturated rings. The van der Waals surface area contributed by atoms with Gasteiger partial charge in [0.1, 0.15) is 0 Å². The van der Waals surface area contributed by atoms with Crippen molar-refractivity contribution in [3.05, 3.63) is 23.5 Å². The highest BCUT2D eigenvalue weighted by molar-refractivity contribution is 5.13. The second kappa shape index (κ2) is 5.36. The van der Waals surface area contributed by atoms with Crippen LogP contribution in [0.2, 0.25) is 0 Å². The summed E-state index contributed by atoms with van der Waals surface area (Å²) in [7, 11) is 0. The molecule has 0 bridgehead atoms. The lowest BCUT2D eigenvalue weighted by Crippen LogP contribution is -2.25. The maximum atomic E-state index is 3.62. The minimum absolute atomic E-state index is 0.767. The number of aromatic nitrogens is 1. The van der Waals surface area contributed by atoms with E-state index in [9.17, 15) is 0 Å². The first-order chi connectivity index (χ1) is 7.38. The van der Waals surface area contributed by atoms with E-state index < -0.39 is 0 Å². The van der Waals surface area contributed by atoms with E-state index in [2.05, 4.69) is 29.4 Å². The van der Waals surface area contributed by atoms with Gasteiger partial charge < -0.3 is 10.3 Å². The van der Waals surface area contributed by atoms with Crippen molar-refractivity contribution >= 4 is 0 Å². The van der Waals surface area contributed by atoms with Crippen molar-refractivity contribution < 1.29 is 0 Å². The highest BCUT2D eigenvalue weighted by atomic mass is 14.9. The number of nitrogens with one attached hydrogen (secondary N) is 2. The Morgan fingerprint density at radius 3 is 2.73 bits per heavy atom. The van der Waals surface area contributed by atoms with Crippen molar-refractivity contribution in [2.24, 2.45) is 0 Å². The first-order valence-electron chi connectivity index (χ1n) is 6.28. The summed E-state index contributed by atoms with van der Waals surface area (Å²) in [6, 6.07) is 5.20. The Balaban J connectivity index is 1.77. The Hall–Kier alpha value is -0.760. The quantitative estimate of drug-likeness (QED) is 0.761. The largest absolute Gasteiger partial charge is 0.361 e. The lowest BCUT2D eigenvalue weighted by Gasteiger charge is -2.10. The molecule has 1 aliphatic rings. The van der Waals surface area contributed by atoms with Gasteiger partial charge in [-0.25, -0.2) is 0 Å². The van der Waals surface area contributed by atoms with Crippen molar-refractivity contribution in [2.75, 3.05) is 0 Å². The number of hydrogen-bond acceptors (Lipinski definition) is 1. The van der Waals surface area contributed by atoms with Gasteiger partial charge in [0.15, 0.2) is 0 Å². The third kappa shape index (κ3) is 3.10. The van der Waals surface area contributed by atoms with E-state index in [4.69, 9.17) is 0 Å². The van der Waals surface area contributed by atoms with Gasteiger partial charge in [0, 0.05) is 24.0 Å². The zero-order valence-electron chi connectivity index (χ0n) is 9.68. The number of hydrogen-bond donors (Lipinski definition) is 2. The predicted molar refractivity (Wildman–Crippen MR) is 63.9 cm³/mol. The maximum absolute atomic E-state index is 3.62. The number of aromatic amines is 1. The second-order valence-electron chi connectivity index (χ2n) is 4.62. The standard InChI is InChI=1S/C13H22N2/c1-2-5-12-8-9-13(15-12)10-14-11-6-3-4-7-11/h8-9,11,14-15H,2-7,10H2,1H3. The fourth-order valence-corrected chi connectivity index (χ4v) is 2.39. The van der Waals surface area contributed by atoms with Gasteiger partial charge in [-0.2, -0.15) is 0 Å². The van der Waals surface area contributed by atoms with Crippen LogP contribution in [0.15, 0.2) is 12.1 Å². The molecule has 2 heteroatoms. The van der Waals surface area contributed by atoms with Crippen LogP contribution in [0.25, 0.3) is 0 Å². The summed E-state index contributed by atoms with van der Waals surface area (Å²) in [5.74, 6) is 0. The van der Waals surface area contributed by atoms with Crippen LogP contribution < -0.4 is 5.32 Å². The van der Waals surface area contributed by atoms with E-state index in [-0.39, 0.29) is 0 Å². The monoisotopic (exact) mass is 206 g/mol. The molecule has 0 unspecified atom stereocenters. The average Bonchev–Trinajstić information content (AvgIpc) is 2.85. The van der Waals surface area contributed by atoms with Crippen LogP contribution in [-0.2, 0) is 13.0 Å². The summed E-state index contributed by atoms with van der Waals surface area (Å²) in [6.07, 6.45) is 7.93. The fourth-order valence-electron chi connectivity index (χ4n) is 2.39. The molecular formula is C13H22N2. The van der Waals surface area contributed by atoms with Crippen LogP contribution in [0, 0.1) is 0 Å². The molecule has 1 heterocycles. The van der Waals surface area contributed by atoms with Gasteiger partial charge in [0.2, 0.25) is 0 Å². The molecule has 15 heavy (non-hydrogen) atoms. The molecule has 1 saturated carbocycles. The van der Waals surface area contributed by atoms with Crippen LogP contribution in [0.5, 0.6) is 0 Å². The van der Waals surface area contributed by atoms with Crippen LogP contribution in [0.3, 0.4) is 0 Å². The zero-order chi connectivity index (χ0) is 10.5. The van der Waals surface area contributed by atoms with Gasteiger partial charge in [-0.1, -0.05) is 26.2 Å². The fraction of sp³-hybridized carbons (Fsp3) is 0.692. The Bertz CT molecular complexity index is 284. The molecule has 0 aromatic carbocycles. The molecule has 2 nitrogen and oxygen atoms in total. The maximum Gasteiger partial charge on any atom is 0.0359 e. The third-order valence-electron chi connectivity index (χ3n) is 3.26. The molecule has 0 aliphatic heterocycles. The highest BCUT2D eigenvalue weighted by Crippen LogP contribution is 2.18. The number of aryl methyl sites for hydroxylation is 1. The lowest BCUT2D eigenvalue weighted by atomic mass is 10.2. The van der Waals surface area contributed by atoms with Gasteiger partial charge in [0.05, 0.1) is 0 Å². The molecule has 0 saturated heterocycles. The minimum atomic E-state index is 0.767. The molecule has 0 radical (unpaired) electrons. The van der Waals surface area contributed by atoms with Crippen molar-refractivity contribution in [2.45, 2.75) is 58.0 Å². The predicted octanol–water partition coefficient (Wildman–Crippen LogP) is 3.00. The van der Waals surface area contributed by atoms with E-state index in [1.54, 1.807) is 0 Å². The molecule has 84 valence electrons. The van der Waals surface area contributed by atoms with E-state index in [0.717, 1.165) is 12.6 Å². The lowest BCUT2D eigenvalue weighted by molar-refractivity contribution is 0.520. The molecule has 2 N–H and O–H groups in total. The van der Waals surface area contributed by atoms with Crippen molar-refractivity contribution in [1.82, 2.24) is 10.3 Å². The Morgan fingerprint density at radius 2 is 2.00 bits per heavy atom. The third-order valence-corrected chi connectivity index (χ3v) is 3.26. The van der Waals surface area contributed by atoms with E-state index in [1.807, 2.05) is 0 Å². The summed E-state index contributed by atoms with van der Waals surface area (Å²) in [4.78, 5) is 3.48. The average molecular weight is 206 g/mol. The first kappa shape index (κ1) is 10.7. The normalized spacial score (nSPS) is 17.4. The smallest absolute Gasteiger partial charge is 0.0359 e. The molecule has 0 amide bonds. The number of rotatable bonds is 5. The van der Waals surface area contributed by atoms with Crippen LogP contribution in [0.1, 0.15) is 50.4 Å². The summed E-state index contributed by atoms with van der Waals surface area (Å²) >= 11 is 0. The number of H-pyrrole nitrogens is 1. The topological polar surface area (TPSA) is 27.8 Å². The summed E-state index contributed by atoms with van der Waals surface area (Å²) in [5.41, 5.74) is 2.71. The van der Waals surface area contributed by atoms with E-state index >= 15 is 0 Å². The van der Waals surface area contributed by atoms with Crippen LogP contribution >= 0.6 is 0 Å². The van der Waals surface area contributed by atoms with E-state index in [0.29, 0.717) is 0 Å². The van der Waals surface area contributed by atoms with Gasteiger partial charge in [-0.3, -0.25) is 0 Å². The first-order valence-corrected chi connectivity index (χ1v) is 6.28. The highest BCUT2D eigenvalue weighted by Gasteiger charge is 2.13. The summed E-state index contributed by atoms with van der Waals surface area (Å²) < 4.78 is 0. The van der Waals surface area contributed by atoms with Crippen molar-refractivity contribution in [3.63, 3.8) is 0 Å². The second-order valence-corrected chi connectivity index (χ2v) is 4.62. The molecule has 0 spiro atoms. The molecule has 0 atom stereocenters. The van der Waals surface area contributed by atoms with Crippen molar-refractivity contribution in [1.29, 1.82) is 0 Å². The van der Waals surface area contributed by atoms with Gasteiger partial charge in [-0.05, 0) is 31.4 Å².